The Balaban J connectivity index is 1.95. The summed E-state index contributed by atoms with van der Waals surface area (Å²) in [6, 6.07) is 0. The molecule has 1 fully saturated rings. The highest BCUT2D eigenvalue weighted by molar-refractivity contribution is 8.15. The van der Waals surface area contributed by atoms with E-state index in [4.69, 9.17) is 4.74 Å². The van der Waals surface area contributed by atoms with Gasteiger partial charge in [-0.25, -0.2) is 0 Å². The Hall–Kier alpha value is 0.400. The van der Waals surface area contributed by atoms with E-state index in [0.29, 0.717) is 17.0 Å². The number of thioether (sulfide) groups is 1. The molecule has 1 unspecified atom stereocenters. The first-order valence-electron chi connectivity index (χ1n) is 6.57. The molecule has 0 amide bonds. The Bertz CT molecular complexity index is 280. The fraction of sp³-hybridized carbons (Fsp3) is 0.857. The first kappa shape index (κ1) is 13.8. The molecule has 0 bridgehead atoms. The Morgan fingerprint density at radius 2 is 2.35 bits per heavy atom. The van der Waals surface area contributed by atoms with Gasteiger partial charge in [-0.15, -0.1) is 11.8 Å². The van der Waals surface area contributed by atoms with Gasteiger partial charge in [0.25, 0.3) is 0 Å². The molecule has 0 aromatic rings. The van der Waals surface area contributed by atoms with E-state index in [1.54, 1.807) is 5.57 Å². The van der Waals surface area contributed by atoms with E-state index in [-0.39, 0.29) is 5.41 Å². The predicted octanol–water partition coefficient (Wildman–Crippen LogP) is 3.46. The number of rotatable bonds is 3. The molecule has 2 aliphatic rings. The normalized spacial score (nSPS) is 33.2. The number of hydrogen-bond donors (Lipinski definition) is 0. The zero-order valence-corrected chi connectivity index (χ0v) is 13.0. The standard InChI is InChI=1S/C14H25OS2/c1-14(2)9-12(5-6-13(14)15-3)10-17-8-4-7-16-11-17/h9,13H,4-8,10-11H2,1-3H3/q+1/t13-,17?/m1/s1. The third-order valence-electron chi connectivity index (χ3n) is 3.78. The first-order chi connectivity index (χ1) is 8.12. The van der Waals surface area contributed by atoms with Crippen molar-refractivity contribution in [2.75, 3.05) is 29.5 Å². The highest BCUT2D eigenvalue weighted by Crippen LogP contribution is 2.36. The Morgan fingerprint density at radius 1 is 1.53 bits per heavy atom. The van der Waals surface area contributed by atoms with Crippen LogP contribution in [0.2, 0.25) is 0 Å². The summed E-state index contributed by atoms with van der Waals surface area (Å²) in [7, 11) is 2.52. The second kappa shape index (κ2) is 6.03. The maximum Gasteiger partial charge on any atom is 0.153 e. The molecule has 17 heavy (non-hydrogen) atoms. The molecule has 0 aromatic carbocycles. The number of ether oxygens (including phenoxy) is 1. The molecule has 1 nitrogen and oxygen atoms in total. The zero-order valence-electron chi connectivity index (χ0n) is 11.3. The van der Waals surface area contributed by atoms with Crippen LogP contribution in [0, 0.1) is 5.41 Å². The van der Waals surface area contributed by atoms with Crippen molar-refractivity contribution in [3.63, 3.8) is 0 Å². The van der Waals surface area contributed by atoms with Gasteiger partial charge in [-0.05, 0) is 18.4 Å². The first-order valence-corrected chi connectivity index (χ1v) is 9.46. The predicted molar refractivity (Wildman–Crippen MR) is 80.9 cm³/mol. The monoisotopic (exact) mass is 273 g/mol. The van der Waals surface area contributed by atoms with Crippen LogP contribution in [-0.2, 0) is 15.6 Å². The van der Waals surface area contributed by atoms with Gasteiger partial charge in [0.1, 0.15) is 11.5 Å². The van der Waals surface area contributed by atoms with E-state index in [1.807, 2.05) is 7.11 Å². The smallest absolute Gasteiger partial charge is 0.153 e. The van der Waals surface area contributed by atoms with Crippen molar-refractivity contribution < 1.29 is 4.74 Å². The molecule has 1 aliphatic carbocycles. The Morgan fingerprint density at radius 3 is 2.94 bits per heavy atom. The van der Waals surface area contributed by atoms with Crippen LogP contribution in [0.15, 0.2) is 11.6 Å². The second-order valence-corrected chi connectivity index (χ2v) is 9.41. The molecule has 2 rings (SSSR count). The lowest BCUT2D eigenvalue weighted by molar-refractivity contribution is 0.0196. The van der Waals surface area contributed by atoms with Gasteiger partial charge < -0.3 is 4.74 Å². The van der Waals surface area contributed by atoms with E-state index in [9.17, 15) is 0 Å². The highest BCUT2D eigenvalue weighted by Gasteiger charge is 2.34. The summed E-state index contributed by atoms with van der Waals surface area (Å²) in [6.45, 7) is 4.64. The molecular weight excluding hydrogens is 248 g/mol. The minimum Gasteiger partial charge on any atom is -0.381 e. The third kappa shape index (κ3) is 3.68. The summed E-state index contributed by atoms with van der Waals surface area (Å²) >= 11 is 2.16. The van der Waals surface area contributed by atoms with Crippen LogP contribution in [0.25, 0.3) is 0 Å². The van der Waals surface area contributed by atoms with Crippen molar-refractivity contribution in [2.24, 2.45) is 5.41 Å². The van der Waals surface area contributed by atoms with E-state index in [1.165, 1.54) is 41.6 Å². The minimum absolute atomic E-state index is 0.231. The van der Waals surface area contributed by atoms with Crippen LogP contribution in [0.4, 0.5) is 0 Å². The average molecular weight is 273 g/mol. The van der Waals surface area contributed by atoms with Gasteiger partial charge in [-0.2, -0.15) is 0 Å². The van der Waals surface area contributed by atoms with Crippen molar-refractivity contribution in [3.05, 3.63) is 11.6 Å². The number of methoxy groups -OCH3 is 1. The third-order valence-corrected chi connectivity index (χ3v) is 8.00. The molecule has 0 radical (unpaired) electrons. The van der Waals surface area contributed by atoms with Crippen molar-refractivity contribution in [1.29, 1.82) is 0 Å². The topological polar surface area (TPSA) is 9.23 Å². The molecular formula is C14H25OS2+. The van der Waals surface area contributed by atoms with Crippen molar-refractivity contribution in [3.8, 4) is 0 Å². The lowest BCUT2D eigenvalue weighted by Gasteiger charge is -2.35. The fourth-order valence-corrected chi connectivity index (χ4v) is 7.09. The van der Waals surface area contributed by atoms with Crippen LogP contribution < -0.4 is 0 Å². The van der Waals surface area contributed by atoms with Gasteiger partial charge in [0, 0.05) is 35.6 Å². The fourth-order valence-electron chi connectivity index (χ4n) is 2.89. The molecule has 98 valence electrons. The van der Waals surface area contributed by atoms with Gasteiger partial charge in [0.05, 0.1) is 6.10 Å². The SMILES string of the molecule is CO[C@@H]1CCC(C[S+]2CCCSC2)=CC1(C)C. The summed E-state index contributed by atoms with van der Waals surface area (Å²) in [6.07, 6.45) is 6.83. The van der Waals surface area contributed by atoms with E-state index < -0.39 is 0 Å². The van der Waals surface area contributed by atoms with Crippen LogP contribution in [0.3, 0.4) is 0 Å². The van der Waals surface area contributed by atoms with E-state index in [2.05, 4.69) is 31.7 Å². The molecule has 0 aromatic heterocycles. The maximum absolute atomic E-state index is 5.60. The molecule has 0 saturated carbocycles. The zero-order chi connectivity index (χ0) is 12.3. The average Bonchev–Trinajstić information content (AvgIpc) is 2.29. The molecule has 1 aliphatic heterocycles. The summed E-state index contributed by atoms with van der Waals surface area (Å²) < 4.78 is 5.60. The second-order valence-electron chi connectivity index (χ2n) is 5.73. The molecule has 1 saturated heterocycles. The van der Waals surface area contributed by atoms with Crippen molar-refractivity contribution >= 4 is 22.7 Å². The van der Waals surface area contributed by atoms with Gasteiger partial charge in [0.15, 0.2) is 5.08 Å². The maximum atomic E-state index is 5.60. The highest BCUT2D eigenvalue weighted by atomic mass is 32.2. The summed E-state index contributed by atoms with van der Waals surface area (Å²) in [5.41, 5.74) is 1.93. The minimum atomic E-state index is 0.231. The van der Waals surface area contributed by atoms with Gasteiger partial charge in [-0.1, -0.05) is 19.9 Å². The Kier molecular flexibility index (Phi) is 4.90. The van der Waals surface area contributed by atoms with Gasteiger partial charge in [0.2, 0.25) is 0 Å². The quantitative estimate of drug-likeness (QED) is 0.575. The number of hydrogen-bond acceptors (Lipinski definition) is 2. The largest absolute Gasteiger partial charge is 0.381 e. The summed E-state index contributed by atoms with van der Waals surface area (Å²) in [5.74, 6) is 4.23. The van der Waals surface area contributed by atoms with Crippen molar-refractivity contribution in [1.82, 2.24) is 0 Å². The van der Waals surface area contributed by atoms with Gasteiger partial charge in [-0.3, -0.25) is 0 Å². The lowest BCUT2D eigenvalue weighted by atomic mass is 9.77. The van der Waals surface area contributed by atoms with Crippen LogP contribution in [-0.4, -0.2) is 35.6 Å². The van der Waals surface area contributed by atoms with E-state index >= 15 is 0 Å². The van der Waals surface area contributed by atoms with Crippen molar-refractivity contribution in [2.45, 2.75) is 39.2 Å². The van der Waals surface area contributed by atoms with E-state index in [0.717, 1.165) is 0 Å². The molecule has 0 spiro atoms. The molecule has 3 heteroatoms. The van der Waals surface area contributed by atoms with Crippen LogP contribution in [0.5, 0.6) is 0 Å². The molecule has 1 heterocycles. The molecule has 2 atom stereocenters. The van der Waals surface area contributed by atoms with Crippen LogP contribution >= 0.6 is 11.8 Å². The summed E-state index contributed by atoms with van der Waals surface area (Å²) in [4.78, 5) is 0. The van der Waals surface area contributed by atoms with Gasteiger partial charge >= 0.3 is 0 Å². The lowest BCUT2D eigenvalue weighted by Crippen LogP contribution is -2.34. The Labute approximate surface area is 113 Å². The van der Waals surface area contributed by atoms with Crippen LogP contribution in [0.1, 0.15) is 33.1 Å². The summed E-state index contributed by atoms with van der Waals surface area (Å²) in [5, 5.41) is 1.41. The molecule has 0 N–H and O–H groups in total.